The predicted molar refractivity (Wildman–Crippen MR) is 75.9 cm³/mol. The van der Waals surface area contributed by atoms with Crippen LogP contribution in [0.5, 0.6) is 0 Å². The van der Waals surface area contributed by atoms with Gasteiger partial charge in [0.05, 0.1) is 22.3 Å². The monoisotopic (exact) mass is 288 g/mol. The molecule has 0 unspecified atom stereocenters. The van der Waals surface area contributed by atoms with Crippen molar-refractivity contribution >= 4 is 28.6 Å². The minimum Gasteiger partial charge on any atom is -0.478 e. The number of carboxylic acids is 1. The topological polar surface area (TPSA) is 75.1 Å². The first-order chi connectivity index (χ1) is 9.56. The maximum atomic E-state index is 12.0. The van der Waals surface area contributed by atoms with Gasteiger partial charge in [-0.15, -0.1) is 0 Å². The lowest BCUT2D eigenvalue weighted by Gasteiger charge is -2.04. The molecule has 0 spiro atoms. The Hall–Kier alpha value is -2.53. The van der Waals surface area contributed by atoms with Gasteiger partial charge in [0.1, 0.15) is 0 Å². The molecule has 3 rings (SSSR count). The molecule has 0 bridgehead atoms. The Morgan fingerprint density at radius 2 is 2.00 bits per heavy atom. The molecular weight excluding hydrogens is 280 g/mol. The van der Waals surface area contributed by atoms with E-state index in [-0.39, 0.29) is 11.3 Å². The molecule has 0 radical (unpaired) electrons. The highest BCUT2D eigenvalue weighted by atomic mass is 35.5. The first-order valence-corrected chi connectivity index (χ1v) is 6.18. The second-order valence-electron chi connectivity index (χ2n) is 4.28. The third-order valence-electron chi connectivity index (χ3n) is 3.00. The van der Waals surface area contributed by atoms with E-state index in [1.165, 1.54) is 16.7 Å². The standard InChI is InChI=1S/C14H9ClN2O3/c15-9-2-1-3-10(7-9)17-12-6-8(13(18)19)4-5-11(12)16-14(17)20/h1-7H,(H,16,20)(H,18,19). The molecule has 0 atom stereocenters. The quantitative estimate of drug-likeness (QED) is 0.761. The SMILES string of the molecule is O=C(O)c1ccc2[nH]c(=O)n(-c3cccc(Cl)c3)c2c1. The Kier molecular flexibility index (Phi) is 2.84. The number of H-pyrrole nitrogens is 1. The van der Waals surface area contributed by atoms with Gasteiger partial charge in [0.2, 0.25) is 0 Å². The summed E-state index contributed by atoms with van der Waals surface area (Å²) in [5, 5.41) is 9.54. The van der Waals surface area contributed by atoms with Crippen LogP contribution in [0, 0.1) is 0 Å². The van der Waals surface area contributed by atoms with Crippen LogP contribution in [0.25, 0.3) is 16.7 Å². The highest BCUT2D eigenvalue weighted by molar-refractivity contribution is 6.30. The van der Waals surface area contributed by atoms with Crippen LogP contribution < -0.4 is 5.69 Å². The maximum absolute atomic E-state index is 12.0. The minimum absolute atomic E-state index is 0.118. The number of halogens is 1. The molecule has 20 heavy (non-hydrogen) atoms. The molecule has 0 aliphatic carbocycles. The summed E-state index contributed by atoms with van der Waals surface area (Å²) in [6, 6.07) is 11.3. The van der Waals surface area contributed by atoms with Crippen molar-refractivity contribution in [2.45, 2.75) is 0 Å². The normalized spacial score (nSPS) is 10.8. The molecule has 0 aliphatic rings. The van der Waals surface area contributed by atoms with Crippen LogP contribution in [0.1, 0.15) is 10.4 Å². The molecule has 3 aromatic rings. The Labute approximate surface area is 118 Å². The van der Waals surface area contributed by atoms with E-state index in [1.54, 1.807) is 30.3 Å². The van der Waals surface area contributed by atoms with Gasteiger partial charge in [0.25, 0.3) is 0 Å². The second kappa shape index (κ2) is 4.54. The summed E-state index contributed by atoms with van der Waals surface area (Å²) in [4.78, 5) is 25.8. The van der Waals surface area contributed by atoms with Gasteiger partial charge in [-0.1, -0.05) is 17.7 Å². The molecular formula is C14H9ClN2O3. The smallest absolute Gasteiger partial charge is 0.335 e. The average Bonchev–Trinajstić information content (AvgIpc) is 2.73. The zero-order valence-electron chi connectivity index (χ0n) is 10.1. The van der Waals surface area contributed by atoms with Gasteiger partial charge in [-0.25, -0.2) is 9.59 Å². The van der Waals surface area contributed by atoms with Crippen LogP contribution >= 0.6 is 11.6 Å². The highest BCUT2D eigenvalue weighted by Crippen LogP contribution is 2.19. The number of hydrogen-bond donors (Lipinski definition) is 2. The number of rotatable bonds is 2. The van der Waals surface area contributed by atoms with E-state index in [9.17, 15) is 9.59 Å². The van der Waals surface area contributed by atoms with E-state index in [4.69, 9.17) is 16.7 Å². The Bertz CT molecular complexity index is 880. The molecule has 1 aromatic heterocycles. The lowest BCUT2D eigenvalue weighted by atomic mass is 10.2. The van der Waals surface area contributed by atoms with Crippen molar-refractivity contribution in [1.82, 2.24) is 9.55 Å². The van der Waals surface area contributed by atoms with Crippen LogP contribution in [0.2, 0.25) is 5.02 Å². The zero-order valence-corrected chi connectivity index (χ0v) is 10.9. The van der Waals surface area contributed by atoms with Gasteiger partial charge in [0.15, 0.2) is 0 Å². The molecule has 0 saturated heterocycles. The van der Waals surface area contributed by atoms with Gasteiger partial charge < -0.3 is 10.1 Å². The van der Waals surface area contributed by atoms with Crippen LogP contribution in [0.15, 0.2) is 47.3 Å². The number of hydrogen-bond acceptors (Lipinski definition) is 2. The van der Waals surface area contributed by atoms with Crippen molar-refractivity contribution in [3.63, 3.8) is 0 Å². The number of fused-ring (bicyclic) bond motifs is 1. The number of carbonyl (C=O) groups is 1. The van der Waals surface area contributed by atoms with Gasteiger partial charge in [0, 0.05) is 5.02 Å². The number of benzene rings is 2. The van der Waals surface area contributed by atoms with Gasteiger partial charge in [-0.3, -0.25) is 4.57 Å². The Morgan fingerprint density at radius 3 is 2.70 bits per heavy atom. The zero-order chi connectivity index (χ0) is 14.3. The fourth-order valence-electron chi connectivity index (χ4n) is 2.11. The number of nitrogens with one attached hydrogen (secondary N) is 1. The summed E-state index contributed by atoms with van der Waals surface area (Å²) >= 11 is 5.93. The van der Waals surface area contributed by atoms with E-state index >= 15 is 0 Å². The Balaban J connectivity index is 2.34. The lowest BCUT2D eigenvalue weighted by molar-refractivity contribution is 0.0697. The van der Waals surface area contributed by atoms with Crippen LogP contribution in [-0.4, -0.2) is 20.6 Å². The summed E-state index contributed by atoms with van der Waals surface area (Å²) < 4.78 is 1.40. The van der Waals surface area contributed by atoms with Crippen molar-refractivity contribution in [3.05, 3.63) is 63.5 Å². The minimum atomic E-state index is -1.04. The molecule has 0 aliphatic heterocycles. The summed E-state index contributed by atoms with van der Waals surface area (Å²) in [6.07, 6.45) is 0. The summed E-state index contributed by atoms with van der Waals surface area (Å²) in [6.45, 7) is 0. The molecule has 100 valence electrons. The van der Waals surface area contributed by atoms with E-state index in [0.29, 0.717) is 21.7 Å². The van der Waals surface area contributed by atoms with Crippen molar-refractivity contribution in [1.29, 1.82) is 0 Å². The second-order valence-corrected chi connectivity index (χ2v) is 4.72. The number of carboxylic acid groups (broad SMARTS) is 1. The number of aromatic amines is 1. The third kappa shape index (κ3) is 1.98. The van der Waals surface area contributed by atoms with Crippen molar-refractivity contribution in [2.24, 2.45) is 0 Å². The summed E-state index contributed by atoms with van der Waals surface area (Å²) in [5.41, 5.74) is 1.42. The maximum Gasteiger partial charge on any atom is 0.335 e. The molecule has 2 N–H and O–H groups in total. The fourth-order valence-corrected chi connectivity index (χ4v) is 2.29. The Morgan fingerprint density at radius 1 is 1.20 bits per heavy atom. The van der Waals surface area contributed by atoms with Crippen LogP contribution in [0.3, 0.4) is 0 Å². The number of imidazole rings is 1. The van der Waals surface area contributed by atoms with Crippen molar-refractivity contribution in [2.75, 3.05) is 0 Å². The molecule has 0 saturated carbocycles. The van der Waals surface area contributed by atoms with Crippen LogP contribution in [-0.2, 0) is 0 Å². The van der Waals surface area contributed by atoms with E-state index in [1.807, 2.05) is 0 Å². The summed E-state index contributed by atoms with van der Waals surface area (Å²) in [5.74, 6) is -1.04. The van der Waals surface area contributed by atoms with E-state index in [0.717, 1.165) is 0 Å². The molecule has 0 amide bonds. The van der Waals surface area contributed by atoms with Crippen LogP contribution in [0.4, 0.5) is 0 Å². The molecule has 0 fully saturated rings. The summed E-state index contributed by atoms with van der Waals surface area (Å²) in [7, 11) is 0. The van der Waals surface area contributed by atoms with Gasteiger partial charge in [-0.2, -0.15) is 0 Å². The van der Waals surface area contributed by atoms with E-state index in [2.05, 4.69) is 4.98 Å². The predicted octanol–water partition coefficient (Wildman–Crippen LogP) is 2.67. The average molecular weight is 289 g/mol. The highest BCUT2D eigenvalue weighted by Gasteiger charge is 2.12. The molecule has 5 nitrogen and oxygen atoms in total. The number of aromatic nitrogens is 2. The van der Waals surface area contributed by atoms with Gasteiger partial charge in [-0.05, 0) is 36.4 Å². The fraction of sp³-hybridized carbons (Fsp3) is 0. The van der Waals surface area contributed by atoms with Crippen molar-refractivity contribution < 1.29 is 9.90 Å². The largest absolute Gasteiger partial charge is 0.478 e. The van der Waals surface area contributed by atoms with Crippen molar-refractivity contribution in [3.8, 4) is 5.69 Å². The molecule has 1 heterocycles. The first kappa shape index (κ1) is 12.5. The van der Waals surface area contributed by atoms with E-state index < -0.39 is 5.97 Å². The molecule has 2 aromatic carbocycles. The molecule has 6 heteroatoms. The first-order valence-electron chi connectivity index (χ1n) is 5.80. The number of aromatic carboxylic acids is 1. The lowest BCUT2D eigenvalue weighted by Crippen LogP contribution is -2.14. The number of nitrogens with zero attached hydrogens (tertiary/aromatic N) is 1. The van der Waals surface area contributed by atoms with Gasteiger partial charge >= 0.3 is 11.7 Å². The third-order valence-corrected chi connectivity index (χ3v) is 3.23.